The van der Waals surface area contributed by atoms with E-state index in [1.807, 2.05) is 11.8 Å². The molecule has 1 amide bonds. The number of hydrogen-bond acceptors (Lipinski definition) is 4. The van der Waals surface area contributed by atoms with E-state index in [4.69, 9.17) is 10.00 Å². The molecule has 19 heavy (non-hydrogen) atoms. The van der Waals surface area contributed by atoms with Crippen molar-refractivity contribution in [1.82, 2.24) is 9.80 Å². The second-order valence-corrected chi connectivity index (χ2v) is 5.43. The smallest absolute Gasteiger partial charge is 0.222 e. The van der Waals surface area contributed by atoms with E-state index in [1.54, 1.807) is 0 Å². The molecule has 0 unspecified atom stereocenters. The highest BCUT2D eigenvalue weighted by molar-refractivity contribution is 5.76. The summed E-state index contributed by atoms with van der Waals surface area (Å²) < 4.78 is 5.51. The van der Waals surface area contributed by atoms with Crippen molar-refractivity contribution in [2.45, 2.75) is 32.3 Å². The van der Waals surface area contributed by atoms with E-state index in [2.05, 4.69) is 11.0 Å². The summed E-state index contributed by atoms with van der Waals surface area (Å²) in [6.45, 7) is 6.44. The van der Waals surface area contributed by atoms with Crippen molar-refractivity contribution in [3.8, 4) is 6.07 Å². The quantitative estimate of drug-likeness (QED) is 0.692. The Morgan fingerprint density at radius 1 is 1.32 bits per heavy atom. The van der Waals surface area contributed by atoms with Crippen LogP contribution in [0.2, 0.25) is 0 Å². The third-order valence-electron chi connectivity index (χ3n) is 4.08. The Labute approximate surface area is 115 Å². The van der Waals surface area contributed by atoms with Gasteiger partial charge in [-0.15, -0.1) is 0 Å². The molecule has 1 saturated heterocycles. The predicted octanol–water partition coefficient (Wildman–Crippen LogP) is 0.859. The largest absolute Gasteiger partial charge is 0.378 e. The van der Waals surface area contributed by atoms with Crippen molar-refractivity contribution in [3.63, 3.8) is 0 Å². The summed E-state index contributed by atoms with van der Waals surface area (Å²) in [5.74, 6) is 0.790. The highest BCUT2D eigenvalue weighted by atomic mass is 16.5. The van der Waals surface area contributed by atoms with Crippen LogP contribution in [0.1, 0.15) is 26.2 Å². The number of nitrogens with zero attached hydrogens (tertiary/aromatic N) is 3. The van der Waals surface area contributed by atoms with Crippen LogP contribution in [0.5, 0.6) is 0 Å². The molecule has 2 rings (SSSR count). The number of hydrogen-bond donors (Lipinski definition) is 0. The van der Waals surface area contributed by atoms with E-state index in [0.29, 0.717) is 25.0 Å². The van der Waals surface area contributed by atoms with Gasteiger partial charge in [0.2, 0.25) is 5.91 Å². The van der Waals surface area contributed by atoms with Crippen molar-refractivity contribution < 1.29 is 9.53 Å². The number of nitriles is 1. The van der Waals surface area contributed by atoms with Gasteiger partial charge in [-0.05, 0) is 25.7 Å². The Bertz CT molecular complexity index is 339. The first kappa shape index (κ1) is 14.3. The molecule has 1 heterocycles. The molecular weight excluding hydrogens is 242 g/mol. The molecule has 1 aliphatic carbocycles. The van der Waals surface area contributed by atoms with Crippen LogP contribution in [0.3, 0.4) is 0 Å². The number of amides is 1. The average Bonchev–Trinajstić information content (AvgIpc) is 2.37. The van der Waals surface area contributed by atoms with Crippen LogP contribution in [-0.4, -0.2) is 61.1 Å². The second-order valence-electron chi connectivity index (χ2n) is 5.43. The number of rotatable bonds is 5. The third-order valence-corrected chi connectivity index (χ3v) is 4.08. The van der Waals surface area contributed by atoms with Crippen LogP contribution in [-0.2, 0) is 9.53 Å². The lowest BCUT2D eigenvalue weighted by molar-refractivity contribution is -0.136. The fourth-order valence-electron chi connectivity index (χ4n) is 2.84. The van der Waals surface area contributed by atoms with Gasteiger partial charge in [-0.25, -0.2) is 0 Å². The first-order valence-corrected chi connectivity index (χ1v) is 7.21. The Morgan fingerprint density at radius 2 is 2.00 bits per heavy atom. The molecule has 0 N–H and O–H groups in total. The zero-order chi connectivity index (χ0) is 13.7. The fourth-order valence-corrected chi connectivity index (χ4v) is 2.84. The Hall–Kier alpha value is -1.12. The lowest BCUT2D eigenvalue weighted by Crippen LogP contribution is -2.49. The molecule has 1 aliphatic heterocycles. The fraction of sp³-hybridized carbons (Fsp3) is 0.857. The summed E-state index contributed by atoms with van der Waals surface area (Å²) >= 11 is 0. The van der Waals surface area contributed by atoms with E-state index in [1.165, 1.54) is 0 Å². The molecule has 5 nitrogen and oxygen atoms in total. The number of piperazine rings is 1. The minimum atomic E-state index is 0.275. The molecule has 1 saturated carbocycles. The van der Waals surface area contributed by atoms with Crippen molar-refractivity contribution >= 4 is 5.91 Å². The molecule has 5 heteroatoms. The summed E-state index contributed by atoms with van der Waals surface area (Å²) in [7, 11) is 0. The minimum Gasteiger partial charge on any atom is -0.378 e. The lowest BCUT2D eigenvalue weighted by Gasteiger charge is -2.38. The Kier molecular flexibility index (Phi) is 5.17. The first-order valence-electron chi connectivity index (χ1n) is 7.21. The Balaban J connectivity index is 1.64. The number of ether oxygens (including phenoxy) is 1. The maximum Gasteiger partial charge on any atom is 0.222 e. The molecule has 2 fully saturated rings. The first-order chi connectivity index (χ1) is 9.22. The molecule has 106 valence electrons. The number of carbonyl (C=O) groups excluding carboxylic acids is 1. The second kappa shape index (κ2) is 6.88. The molecule has 0 aromatic rings. The number of carbonyl (C=O) groups is 1. The normalized spacial score (nSPS) is 27.7. The highest BCUT2D eigenvalue weighted by Gasteiger charge is 2.32. The maximum absolute atomic E-state index is 12.1. The van der Waals surface area contributed by atoms with Crippen LogP contribution in [0.25, 0.3) is 0 Å². The molecule has 0 atom stereocenters. The van der Waals surface area contributed by atoms with Gasteiger partial charge in [-0.3, -0.25) is 9.69 Å². The summed E-state index contributed by atoms with van der Waals surface area (Å²) in [4.78, 5) is 16.2. The van der Waals surface area contributed by atoms with E-state index in [9.17, 15) is 4.79 Å². The van der Waals surface area contributed by atoms with Gasteiger partial charge >= 0.3 is 0 Å². The standard InChI is InChI=1S/C14H23N3O2/c1-2-19-13-9-12(10-13)11-14(18)17-7-5-16(4-3-15)6-8-17/h12-13H,2,4-11H2,1H3. The van der Waals surface area contributed by atoms with Crippen LogP contribution in [0.4, 0.5) is 0 Å². The van der Waals surface area contributed by atoms with E-state index in [0.717, 1.165) is 45.6 Å². The summed E-state index contributed by atoms with van der Waals surface area (Å²) in [6, 6.07) is 2.16. The van der Waals surface area contributed by atoms with E-state index in [-0.39, 0.29) is 5.91 Å². The van der Waals surface area contributed by atoms with Gasteiger partial charge in [-0.2, -0.15) is 5.26 Å². The van der Waals surface area contributed by atoms with Crippen LogP contribution in [0.15, 0.2) is 0 Å². The van der Waals surface area contributed by atoms with Gasteiger partial charge in [0.25, 0.3) is 0 Å². The lowest BCUT2D eigenvalue weighted by atomic mass is 9.79. The SMILES string of the molecule is CCOC1CC(CC(=O)N2CCN(CC#N)CC2)C1. The molecular formula is C14H23N3O2. The van der Waals surface area contributed by atoms with Crippen molar-refractivity contribution in [2.75, 3.05) is 39.3 Å². The third kappa shape index (κ3) is 3.92. The van der Waals surface area contributed by atoms with Crippen molar-refractivity contribution in [1.29, 1.82) is 5.26 Å². The van der Waals surface area contributed by atoms with Gasteiger partial charge in [0.1, 0.15) is 0 Å². The topological polar surface area (TPSA) is 56.6 Å². The molecule has 2 aliphatic rings. The summed E-state index contributed by atoms with van der Waals surface area (Å²) in [5, 5.41) is 8.64. The average molecular weight is 265 g/mol. The van der Waals surface area contributed by atoms with E-state index >= 15 is 0 Å². The zero-order valence-electron chi connectivity index (χ0n) is 11.7. The molecule has 0 radical (unpaired) electrons. The molecule has 0 bridgehead atoms. The van der Waals surface area contributed by atoms with Crippen LogP contribution in [0, 0.1) is 17.2 Å². The minimum absolute atomic E-state index is 0.275. The van der Waals surface area contributed by atoms with Crippen LogP contribution < -0.4 is 0 Å². The summed E-state index contributed by atoms with van der Waals surface area (Å²) in [5.41, 5.74) is 0. The van der Waals surface area contributed by atoms with E-state index < -0.39 is 0 Å². The van der Waals surface area contributed by atoms with Gasteiger partial charge in [0, 0.05) is 39.2 Å². The van der Waals surface area contributed by atoms with Gasteiger partial charge in [-0.1, -0.05) is 0 Å². The van der Waals surface area contributed by atoms with Crippen molar-refractivity contribution in [3.05, 3.63) is 0 Å². The van der Waals surface area contributed by atoms with Gasteiger partial charge in [0.05, 0.1) is 18.7 Å². The summed E-state index contributed by atoms with van der Waals surface area (Å²) in [6.07, 6.45) is 3.12. The van der Waals surface area contributed by atoms with Crippen LogP contribution >= 0.6 is 0 Å². The highest BCUT2D eigenvalue weighted by Crippen LogP contribution is 2.33. The predicted molar refractivity (Wildman–Crippen MR) is 71.4 cm³/mol. The molecule has 0 spiro atoms. The maximum atomic E-state index is 12.1. The zero-order valence-corrected chi connectivity index (χ0v) is 11.7. The van der Waals surface area contributed by atoms with Gasteiger partial charge < -0.3 is 9.64 Å². The van der Waals surface area contributed by atoms with Crippen molar-refractivity contribution in [2.24, 2.45) is 5.92 Å². The Morgan fingerprint density at radius 3 is 2.58 bits per heavy atom. The molecule has 0 aromatic carbocycles. The van der Waals surface area contributed by atoms with Gasteiger partial charge in [0.15, 0.2) is 0 Å². The molecule has 0 aromatic heterocycles. The monoisotopic (exact) mass is 265 g/mol.